The summed E-state index contributed by atoms with van der Waals surface area (Å²) in [6.07, 6.45) is 0.871. The van der Waals surface area contributed by atoms with Crippen molar-refractivity contribution in [2.75, 3.05) is 40.8 Å². The Morgan fingerprint density at radius 3 is 2.36 bits per heavy atom. The summed E-state index contributed by atoms with van der Waals surface area (Å²) in [5.41, 5.74) is 0. The van der Waals surface area contributed by atoms with Gasteiger partial charge in [-0.1, -0.05) is 0 Å². The number of carbonyl (C=O) groups excluding carboxylic acids is 1. The molecule has 0 unspecified atom stereocenters. The van der Waals surface area contributed by atoms with Crippen LogP contribution in [0.25, 0.3) is 0 Å². The Morgan fingerprint density at radius 1 is 1.45 bits per heavy atom. The molecular weight excluding hydrogens is 140 g/mol. The lowest BCUT2D eigenvalue weighted by Gasteiger charge is -2.29. The van der Waals surface area contributed by atoms with Crippen LogP contribution in [0, 0.1) is 0 Å². The van der Waals surface area contributed by atoms with Crippen molar-refractivity contribution in [3.63, 3.8) is 0 Å². The van der Waals surface area contributed by atoms with Crippen LogP contribution in [0.4, 0.5) is 0 Å². The summed E-state index contributed by atoms with van der Waals surface area (Å²) in [6.45, 7) is 5.11. The van der Waals surface area contributed by atoms with E-state index < -0.39 is 0 Å². The van der Waals surface area contributed by atoms with E-state index >= 15 is 0 Å². The first-order chi connectivity index (χ1) is 5.02. The molecule has 0 saturated heterocycles. The van der Waals surface area contributed by atoms with E-state index in [9.17, 15) is 4.79 Å². The Morgan fingerprint density at radius 2 is 2.00 bits per heavy atom. The van der Waals surface area contributed by atoms with Gasteiger partial charge in [0.2, 0.25) is 6.41 Å². The Bertz CT molecular complexity index is 123. The van der Waals surface area contributed by atoms with Gasteiger partial charge in [0.15, 0.2) is 0 Å². The second-order valence-corrected chi connectivity index (χ2v) is 3.56. The molecule has 3 nitrogen and oxygen atoms in total. The van der Waals surface area contributed by atoms with Crippen molar-refractivity contribution in [1.82, 2.24) is 4.90 Å². The largest absolute Gasteiger partial charge is 0.343 e. The fourth-order valence-electron chi connectivity index (χ4n) is 0.639. The molecule has 11 heavy (non-hydrogen) atoms. The topological polar surface area (TPSA) is 20.3 Å². The van der Waals surface area contributed by atoms with Crippen molar-refractivity contribution >= 4 is 6.41 Å². The van der Waals surface area contributed by atoms with E-state index in [1.807, 2.05) is 7.05 Å². The lowest BCUT2D eigenvalue weighted by molar-refractivity contribution is -0.887. The van der Waals surface area contributed by atoms with Crippen molar-refractivity contribution in [3.8, 4) is 0 Å². The highest BCUT2D eigenvalue weighted by Crippen LogP contribution is 1.94. The summed E-state index contributed by atoms with van der Waals surface area (Å²) in [7, 11) is 6.14. The van der Waals surface area contributed by atoms with Gasteiger partial charge < -0.3 is 9.38 Å². The molecule has 0 aromatic heterocycles. The van der Waals surface area contributed by atoms with Crippen LogP contribution in [0.15, 0.2) is 0 Å². The first-order valence-electron chi connectivity index (χ1n) is 3.99. The molecule has 0 aromatic carbocycles. The van der Waals surface area contributed by atoms with E-state index in [4.69, 9.17) is 0 Å². The van der Waals surface area contributed by atoms with Gasteiger partial charge in [-0.2, -0.15) is 0 Å². The van der Waals surface area contributed by atoms with E-state index in [1.54, 1.807) is 4.90 Å². The van der Waals surface area contributed by atoms with Crippen LogP contribution in [0.3, 0.4) is 0 Å². The molecule has 0 rings (SSSR count). The maximum atomic E-state index is 10.2. The molecular formula is C8H19N2O+. The molecule has 0 atom stereocenters. The number of carbonyl (C=O) groups is 1. The molecule has 0 radical (unpaired) electrons. The summed E-state index contributed by atoms with van der Waals surface area (Å²) in [5.74, 6) is 0. The highest BCUT2D eigenvalue weighted by Gasteiger charge is 2.11. The SMILES string of the molecule is CC[N+](C)(C)CCN(C)C=O. The van der Waals surface area contributed by atoms with Crippen LogP contribution in [-0.2, 0) is 4.79 Å². The Balaban J connectivity index is 3.60. The molecule has 1 amide bonds. The van der Waals surface area contributed by atoms with Crippen LogP contribution in [-0.4, -0.2) is 56.6 Å². The van der Waals surface area contributed by atoms with Crippen LogP contribution < -0.4 is 0 Å². The molecule has 0 aliphatic heterocycles. The number of rotatable bonds is 5. The monoisotopic (exact) mass is 159 g/mol. The van der Waals surface area contributed by atoms with Crippen LogP contribution in [0.2, 0.25) is 0 Å². The Hall–Kier alpha value is -0.570. The molecule has 0 bridgehead atoms. The summed E-state index contributed by atoms with van der Waals surface area (Å²) in [5, 5.41) is 0. The second-order valence-electron chi connectivity index (χ2n) is 3.56. The fraction of sp³-hybridized carbons (Fsp3) is 0.875. The summed E-state index contributed by atoms with van der Waals surface area (Å²) < 4.78 is 0.970. The van der Waals surface area contributed by atoms with Crippen LogP contribution >= 0.6 is 0 Å². The van der Waals surface area contributed by atoms with E-state index in [2.05, 4.69) is 21.0 Å². The normalized spacial score (nSPS) is 11.3. The zero-order valence-electron chi connectivity index (χ0n) is 8.00. The first kappa shape index (κ1) is 10.4. The maximum Gasteiger partial charge on any atom is 0.209 e. The third kappa shape index (κ3) is 4.79. The zero-order valence-corrected chi connectivity index (χ0v) is 8.00. The molecule has 0 N–H and O–H groups in total. The van der Waals surface area contributed by atoms with Crippen molar-refractivity contribution in [3.05, 3.63) is 0 Å². The van der Waals surface area contributed by atoms with E-state index in [0.717, 1.165) is 30.5 Å². The number of amides is 1. The molecule has 66 valence electrons. The number of quaternary nitrogens is 1. The van der Waals surface area contributed by atoms with Gasteiger partial charge in [-0.25, -0.2) is 0 Å². The van der Waals surface area contributed by atoms with Gasteiger partial charge in [-0.05, 0) is 6.92 Å². The molecule has 0 spiro atoms. The molecule has 0 fully saturated rings. The maximum absolute atomic E-state index is 10.2. The highest BCUT2D eigenvalue weighted by molar-refractivity contribution is 5.46. The summed E-state index contributed by atoms with van der Waals surface area (Å²) in [6, 6.07) is 0. The van der Waals surface area contributed by atoms with E-state index in [0.29, 0.717) is 0 Å². The van der Waals surface area contributed by atoms with Gasteiger partial charge in [-0.3, -0.25) is 4.79 Å². The van der Waals surface area contributed by atoms with Crippen LogP contribution in [0.5, 0.6) is 0 Å². The average molecular weight is 159 g/mol. The smallest absolute Gasteiger partial charge is 0.209 e. The second kappa shape index (κ2) is 4.34. The highest BCUT2D eigenvalue weighted by atomic mass is 16.1. The quantitative estimate of drug-likeness (QED) is 0.414. The Labute approximate surface area is 69.2 Å². The van der Waals surface area contributed by atoms with Crippen molar-refractivity contribution in [1.29, 1.82) is 0 Å². The lowest BCUT2D eigenvalue weighted by Crippen LogP contribution is -2.44. The minimum absolute atomic E-state index is 0.838. The summed E-state index contributed by atoms with van der Waals surface area (Å²) >= 11 is 0. The standard InChI is InChI=1S/C8H19N2O/c1-5-10(3,4)7-6-9(2)8-11/h8H,5-7H2,1-4H3/q+1. The molecule has 3 heteroatoms. The third-order valence-electron chi connectivity index (χ3n) is 2.09. The molecule has 0 heterocycles. The minimum Gasteiger partial charge on any atom is -0.343 e. The molecule has 0 aromatic rings. The van der Waals surface area contributed by atoms with Gasteiger partial charge >= 0.3 is 0 Å². The van der Waals surface area contributed by atoms with Crippen LogP contribution in [0.1, 0.15) is 6.92 Å². The first-order valence-corrected chi connectivity index (χ1v) is 3.99. The van der Waals surface area contributed by atoms with E-state index in [-0.39, 0.29) is 0 Å². The van der Waals surface area contributed by atoms with E-state index in [1.165, 1.54) is 0 Å². The van der Waals surface area contributed by atoms with Gasteiger partial charge in [0, 0.05) is 7.05 Å². The summed E-state index contributed by atoms with van der Waals surface area (Å²) in [4.78, 5) is 11.9. The number of likely N-dealkylation sites (N-methyl/N-ethyl adjacent to an activating group) is 2. The zero-order chi connectivity index (χ0) is 8.91. The van der Waals surface area contributed by atoms with Crippen molar-refractivity contribution < 1.29 is 9.28 Å². The fourth-order valence-corrected chi connectivity index (χ4v) is 0.639. The average Bonchev–Trinajstić information content (AvgIpc) is 2.00. The molecule has 0 aliphatic rings. The van der Waals surface area contributed by atoms with Crippen molar-refractivity contribution in [2.24, 2.45) is 0 Å². The predicted molar refractivity (Wildman–Crippen MR) is 46.2 cm³/mol. The lowest BCUT2D eigenvalue weighted by atomic mass is 10.4. The van der Waals surface area contributed by atoms with Gasteiger partial charge in [-0.15, -0.1) is 0 Å². The number of nitrogens with zero attached hydrogens (tertiary/aromatic N) is 2. The molecule has 0 saturated carbocycles. The Kier molecular flexibility index (Phi) is 4.11. The number of hydrogen-bond donors (Lipinski definition) is 0. The minimum atomic E-state index is 0.838. The molecule has 0 aliphatic carbocycles. The predicted octanol–water partition coefficient (Wildman–Crippen LogP) is 0.171. The van der Waals surface area contributed by atoms with Gasteiger partial charge in [0.05, 0.1) is 33.7 Å². The van der Waals surface area contributed by atoms with Gasteiger partial charge in [0.1, 0.15) is 0 Å². The third-order valence-corrected chi connectivity index (χ3v) is 2.09. The number of hydrogen-bond acceptors (Lipinski definition) is 1. The van der Waals surface area contributed by atoms with Crippen molar-refractivity contribution in [2.45, 2.75) is 6.92 Å². The van der Waals surface area contributed by atoms with Gasteiger partial charge in [0.25, 0.3) is 0 Å².